The molecule has 0 radical (unpaired) electrons. The number of fused-ring (bicyclic) bond motifs is 1. The number of benzene rings is 1. The highest BCUT2D eigenvalue weighted by atomic mass is 32.2. The van der Waals surface area contributed by atoms with Gasteiger partial charge in [0.2, 0.25) is 26.0 Å². The summed E-state index contributed by atoms with van der Waals surface area (Å²) in [5, 5.41) is 13.4. The van der Waals surface area contributed by atoms with Gasteiger partial charge in [0.05, 0.1) is 17.3 Å². The smallest absolute Gasteiger partial charge is 0.263 e. The van der Waals surface area contributed by atoms with Crippen LogP contribution in [0.2, 0.25) is 0 Å². The molecule has 0 spiro atoms. The molecule has 43 heavy (non-hydrogen) atoms. The van der Waals surface area contributed by atoms with Gasteiger partial charge in [-0.15, -0.1) is 0 Å². The van der Waals surface area contributed by atoms with Gasteiger partial charge in [-0.05, 0) is 56.1 Å². The number of amides is 1. The Labute approximate surface area is 250 Å². The van der Waals surface area contributed by atoms with Crippen molar-refractivity contribution in [2.45, 2.75) is 31.2 Å². The highest BCUT2D eigenvalue weighted by Crippen LogP contribution is 2.33. The second kappa shape index (κ2) is 11.9. The van der Waals surface area contributed by atoms with E-state index < -0.39 is 26.0 Å². The first-order valence-electron chi connectivity index (χ1n) is 13.6. The van der Waals surface area contributed by atoms with Crippen LogP contribution >= 0.6 is 0 Å². The molecule has 0 bridgehead atoms. The van der Waals surface area contributed by atoms with E-state index in [0.717, 1.165) is 6.26 Å². The van der Waals surface area contributed by atoms with Gasteiger partial charge in [0.25, 0.3) is 5.91 Å². The number of nitrogens with zero attached hydrogens (tertiary/aromatic N) is 8. The monoisotopic (exact) mass is 628 g/mol. The number of hydrogen-bond acceptors (Lipinski definition) is 11. The fourth-order valence-electron chi connectivity index (χ4n) is 5.16. The predicted molar refractivity (Wildman–Crippen MR) is 159 cm³/mol. The van der Waals surface area contributed by atoms with Crippen LogP contribution in [0.15, 0.2) is 35.4 Å². The molecule has 15 nitrogen and oxygen atoms in total. The Kier molecular flexibility index (Phi) is 8.38. The number of hydrogen-bond donors (Lipinski definition) is 2. The minimum Gasteiger partial charge on any atom is -0.338 e. The maximum absolute atomic E-state index is 13.6. The lowest BCUT2D eigenvalue weighted by Gasteiger charge is -2.34. The summed E-state index contributed by atoms with van der Waals surface area (Å²) in [7, 11) is -7.52. The quantitative estimate of drug-likeness (QED) is 0.330. The van der Waals surface area contributed by atoms with E-state index in [1.807, 2.05) is 11.0 Å². The summed E-state index contributed by atoms with van der Waals surface area (Å²) in [4.78, 5) is 25.7. The van der Waals surface area contributed by atoms with Crippen LogP contribution in [-0.4, -0.2) is 92.3 Å². The van der Waals surface area contributed by atoms with Gasteiger partial charge >= 0.3 is 0 Å². The van der Waals surface area contributed by atoms with Crippen molar-refractivity contribution >= 4 is 43.4 Å². The van der Waals surface area contributed by atoms with Gasteiger partial charge in [0.1, 0.15) is 17.3 Å². The maximum Gasteiger partial charge on any atom is 0.263 e. The topological polar surface area (TPSA) is 201 Å². The van der Waals surface area contributed by atoms with E-state index in [4.69, 9.17) is 5.73 Å². The predicted octanol–water partition coefficient (Wildman–Crippen LogP) is 0.287. The molecule has 3 aromatic rings. The zero-order valence-electron chi connectivity index (χ0n) is 23.8. The van der Waals surface area contributed by atoms with Gasteiger partial charge in [0.15, 0.2) is 5.82 Å². The fourth-order valence-corrected chi connectivity index (χ4v) is 7.20. The molecular formula is C26H32N10O5S2. The van der Waals surface area contributed by atoms with Crippen LogP contribution in [0.3, 0.4) is 0 Å². The number of sulfonamides is 2. The summed E-state index contributed by atoms with van der Waals surface area (Å²) in [6.45, 7) is 3.92. The van der Waals surface area contributed by atoms with Crippen LogP contribution in [0.4, 0.5) is 17.5 Å². The van der Waals surface area contributed by atoms with Crippen molar-refractivity contribution in [3.8, 4) is 6.07 Å². The van der Waals surface area contributed by atoms with Gasteiger partial charge < -0.3 is 15.5 Å². The molecule has 1 fully saturated rings. The van der Waals surface area contributed by atoms with E-state index in [-0.39, 0.29) is 35.1 Å². The molecule has 228 valence electrons. The van der Waals surface area contributed by atoms with Crippen LogP contribution in [0, 0.1) is 18.3 Å². The molecule has 4 heterocycles. The fraction of sp³-hybridized carbons (Fsp3) is 0.423. The van der Waals surface area contributed by atoms with Gasteiger partial charge in [-0.1, -0.05) is 0 Å². The highest BCUT2D eigenvalue weighted by Gasteiger charge is 2.33. The average Bonchev–Trinajstić information content (AvgIpc) is 3.58. The summed E-state index contributed by atoms with van der Waals surface area (Å²) in [5.74, 6) is 0.0110. The number of anilines is 3. The van der Waals surface area contributed by atoms with Crippen LogP contribution < -0.4 is 20.3 Å². The zero-order chi connectivity index (χ0) is 30.9. The number of aromatic nitrogens is 4. The molecule has 5 rings (SSSR count). The Morgan fingerprint density at radius 2 is 1.84 bits per heavy atom. The summed E-state index contributed by atoms with van der Waals surface area (Å²) < 4.78 is 56.4. The van der Waals surface area contributed by atoms with Crippen molar-refractivity contribution in [3.63, 3.8) is 0 Å². The molecule has 0 atom stereocenters. The third-order valence-corrected chi connectivity index (χ3v) is 9.69. The number of nitriles is 1. The Balaban J connectivity index is 1.33. The van der Waals surface area contributed by atoms with E-state index in [1.165, 1.54) is 26.2 Å². The number of carbonyl (C=O) groups excluding carboxylic acids is 1. The Hall–Kier alpha value is -4.11. The maximum atomic E-state index is 13.6. The SMILES string of the molecule is Cc1cc(C#N)nc(N2CCN(S(=O)(=O)c3ccc4c(c3)CCN4C(=O)c3cnn(CCCN)c3NS(C)(=O)=O)CC2)n1. The summed E-state index contributed by atoms with van der Waals surface area (Å²) in [6.07, 6.45) is 3.29. The lowest BCUT2D eigenvalue weighted by molar-refractivity contribution is 0.0990. The van der Waals surface area contributed by atoms with Crippen LogP contribution in [0.25, 0.3) is 0 Å². The Morgan fingerprint density at radius 1 is 1.09 bits per heavy atom. The average molecular weight is 629 g/mol. The van der Waals surface area contributed by atoms with Crippen molar-refractivity contribution < 1.29 is 21.6 Å². The first kappa shape index (κ1) is 30.4. The lowest BCUT2D eigenvalue weighted by atomic mass is 10.2. The molecule has 2 aromatic heterocycles. The molecule has 1 amide bonds. The molecule has 1 saturated heterocycles. The molecule has 0 saturated carbocycles. The number of carbonyl (C=O) groups is 1. The van der Waals surface area contributed by atoms with Crippen molar-refractivity contribution in [1.29, 1.82) is 5.26 Å². The number of aryl methyl sites for hydroxylation is 2. The molecule has 1 aromatic carbocycles. The van der Waals surface area contributed by atoms with Crippen molar-refractivity contribution in [3.05, 3.63) is 53.0 Å². The number of piperazine rings is 1. The van der Waals surface area contributed by atoms with Crippen molar-refractivity contribution in [2.24, 2.45) is 5.73 Å². The third-order valence-electron chi connectivity index (χ3n) is 7.23. The number of nitrogens with two attached hydrogens (primary N) is 1. The first-order chi connectivity index (χ1) is 20.4. The van der Waals surface area contributed by atoms with Crippen LogP contribution in [-0.2, 0) is 33.0 Å². The Bertz CT molecular complexity index is 1810. The van der Waals surface area contributed by atoms with E-state index in [0.29, 0.717) is 68.5 Å². The van der Waals surface area contributed by atoms with Crippen LogP contribution in [0.5, 0.6) is 0 Å². The molecule has 0 unspecified atom stereocenters. The van der Waals surface area contributed by atoms with Gasteiger partial charge in [-0.3, -0.25) is 9.52 Å². The largest absolute Gasteiger partial charge is 0.338 e. The molecular weight excluding hydrogens is 596 g/mol. The highest BCUT2D eigenvalue weighted by molar-refractivity contribution is 7.92. The van der Waals surface area contributed by atoms with E-state index >= 15 is 0 Å². The summed E-state index contributed by atoms with van der Waals surface area (Å²) in [6, 6.07) is 8.29. The number of nitrogens with one attached hydrogen (secondary N) is 1. The van der Waals surface area contributed by atoms with Gasteiger partial charge in [-0.25, -0.2) is 31.5 Å². The van der Waals surface area contributed by atoms with Crippen LogP contribution in [0.1, 0.15) is 33.7 Å². The summed E-state index contributed by atoms with van der Waals surface area (Å²) >= 11 is 0. The van der Waals surface area contributed by atoms with Crippen molar-refractivity contribution in [2.75, 3.05) is 60.0 Å². The standard InChI is InChI=1S/C26H32N10O5S2/c1-18-14-20(16-28)31-26(30-18)33-10-12-34(13-11-33)43(40,41)21-4-5-23-19(15-21)6-9-35(23)25(37)22-17-29-36(8-3-7-27)24(22)32-42(2,38)39/h4-5,14-15,17,32H,3,6-13,27H2,1-2H3. The van der Waals surface area contributed by atoms with E-state index in [9.17, 15) is 26.9 Å². The zero-order valence-corrected chi connectivity index (χ0v) is 25.4. The van der Waals surface area contributed by atoms with Crippen molar-refractivity contribution in [1.82, 2.24) is 24.1 Å². The first-order valence-corrected chi connectivity index (χ1v) is 16.9. The molecule has 3 N–H and O–H groups in total. The normalized spacial score (nSPS) is 15.8. The second-order valence-corrected chi connectivity index (χ2v) is 14.0. The van der Waals surface area contributed by atoms with Gasteiger partial charge in [0, 0.05) is 50.6 Å². The summed E-state index contributed by atoms with van der Waals surface area (Å²) in [5.41, 5.74) is 7.84. The molecule has 2 aliphatic rings. The minimum absolute atomic E-state index is 0.0626. The molecule has 2 aliphatic heterocycles. The minimum atomic E-state index is -3.82. The van der Waals surface area contributed by atoms with Gasteiger partial charge in [-0.2, -0.15) is 14.7 Å². The lowest BCUT2D eigenvalue weighted by Crippen LogP contribution is -2.49. The molecule has 0 aliphatic carbocycles. The third kappa shape index (κ3) is 6.32. The van der Waals surface area contributed by atoms with E-state index in [2.05, 4.69) is 19.8 Å². The molecule has 17 heteroatoms. The van der Waals surface area contributed by atoms with E-state index in [1.54, 1.807) is 25.1 Å². The second-order valence-electron chi connectivity index (χ2n) is 10.3. The number of rotatable bonds is 9. The Morgan fingerprint density at radius 3 is 2.51 bits per heavy atom.